The van der Waals surface area contributed by atoms with Crippen molar-refractivity contribution in [3.05, 3.63) is 29.3 Å². The molecule has 0 saturated carbocycles. The Labute approximate surface area is 224 Å². The Hall–Kier alpha value is -0.950. The van der Waals surface area contributed by atoms with Gasteiger partial charge >= 0.3 is 29.6 Å². The first kappa shape index (κ1) is 33.0. The molecule has 0 radical (unpaired) electrons. The van der Waals surface area contributed by atoms with Crippen LogP contribution in [0.4, 0.5) is 0 Å². The molecule has 1 fully saturated rings. The SMILES string of the molecule is C1COCCOCCOCCOCCOCCO1.CCOC(=O)c1ccc[c-]1C(=O)OCC.[Na+]. The summed E-state index contributed by atoms with van der Waals surface area (Å²) in [6.45, 7) is 11.0. The largest absolute Gasteiger partial charge is 1.00 e. The van der Waals surface area contributed by atoms with Crippen molar-refractivity contribution in [3.8, 4) is 0 Å². The summed E-state index contributed by atoms with van der Waals surface area (Å²) in [6.07, 6.45) is 0. The maximum absolute atomic E-state index is 11.4. The fourth-order valence-corrected chi connectivity index (χ4v) is 2.51. The predicted molar refractivity (Wildman–Crippen MR) is 119 cm³/mol. The minimum absolute atomic E-state index is 0. The second-order valence-electron chi connectivity index (χ2n) is 6.47. The summed E-state index contributed by atoms with van der Waals surface area (Å²) in [5, 5.41) is 0. The van der Waals surface area contributed by atoms with E-state index in [0.29, 0.717) is 79.3 Å². The van der Waals surface area contributed by atoms with Gasteiger partial charge in [0.25, 0.3) is 5.97 Å². The molecule has 1 aromatic rings. The smallest absolute Gasteiger partial charge is 0.506 e. The average Bonchev–Trinajstić information content (AvgIpc) is 3.30. The van der Waals surface area contributed by atoms with E-state index < -0.39 is 11.9 Å². The van der Waals surface area contributed by atoms with E-state index in [2.05, 4.69) is 0 Å². The van der Waals surface area contributed by atoms with Crippen LogP contribution in [0.25, 0.3) is 0 Å². The molecular weight excluding hydrogens is 459 g/mol. The molecule has 0 N–H and O–H groups in total. The molecule has 0 aliphatic carbocycles. The fraction of sp³-hybridized carbons (Fsp3) is 0.696. The molecule has 1 aliphatic heterocycles. The summed E-state index contributed by atoms with van der Waals surface area (Å²) in [5.41, 5.74) is 0.519. The van der Waals surface area contributed by atoms with E-state index in [0.717, 1.165) is 0 Å². The third-order valence-electron chi connectivity index (χ3n) is 4.04. The predicted octanol–water partition coefficient (Wildman–Crippen LogP) is -1.14. The number of hydrogen-bond acceptors (Lipinski definition) is 10. The number of hydrogen-bond donors (Lipinski definition) is 0. The second kappa shape index (κ2) is 23.8. The van der Waals surface area contributed by atoms with Crippen molar-refractivity contribution in [3.63, 3.8) is 0 Å². The summed E-state index contributed by atoms with van der Waals surface area (Å²) in [5.74, 6) is -0.990. The molecule has 0 atom stereocenters. The first-order chi connectivity index (χ1) is 16.2. The van der Waals surface area contributed by atoms with Crippen molar-refractivity contribution in [1.82, 2.24) is 0 Å². The van der Waals surface area contributed by atoms with Gasteiger partial charge in [0, 0.05) is 0 Å². The molecule has 190 valence electrons. The summed E-state index contributed by atoms with van der Waals surface area (Å²) >= 11 is 0. The molecule has 1 saturated heterocycles. The maximum Gasteiger partial charge on any atom is 1.00 e. The van der Waals surface area contributed by atoms with E-state index in [-0.39, 0.29) is 53.9 Å². The minimum atomic E-state index is -0.495. The molecular formula is C23H37NaO10. The molecule has 34 heavy (non-hydrogen) atoms. The van der Waals surface area contributed by atoms with Gasteiger partial charge in [-0.15, -0.1) is 6.07 Å². The topological polar surface area (TPSA) is 108 Å². The molecule has 1 heterocycles. The van der Waals surface area contributed by atoms with E-state index in [1.807, 2.05) is 0 Å². The molecule has 11 heteroatoms. The molecule has 1 aromatic carbocycles. The van der Waals surface area contributed by atoms with Gasteiger partial charge in [0.05, 0.1) is 92.5 Å². The molecule has 0 amide bonds. The number of esters is 2. The van der Waals surface area contributed by atoms with E-state index in [9.17, 15) is 9.59 Å². The van der Waals surface area contributed by atoms with Crippen LogP contribution in [-0.2, 0) is 37.9 Å². The van der Waals surface area contributed by atoms with Gasteiger partial charge < -0.3 is 42.7 Å². The molecule has 0 bridgehead atoms. The van der Waals surface area contributed by atoms with Gasteiger partial charge in [-0.05, 0) is 19.4 Å². The molecule has 0 spiro atoms. The first-order valence-corrected chi connectivity index (χ1v) is 11.3. The molecule has 2 rings (SSSR count). The minimum Gasteiger partial charge on any atom is -0.506 e. The zero-order valence-corrected chi connectivity index (χ0v) is 22.7. The van der Waals surface area contributed by atoms with Crippen molar-refractivity contribution in [2.45, 2.75) is 13.8 Å². The number of rotatable bonds is 4. The molecule has 10 nitrogen and oxygen atoms in total. The Kier molecular flexibility index (Phi) is 23.1. The summed E-state index contributed by atoms with van der Waals surface area (Å²) in [4.78, 5) is 22.8. The van der Waals surface area contributed by atoms with Crippen LogP contribution >= 0.6 is 0 Å². The summed E-state index contributed by atoms with van der Waals surface area (Å²) in [6, 6.07) is 4.72. The third kappa shape index (κ3) is 16.6. The Bertz CT molecular complexity index is 515. The number of carbonyl (C=O) groups excluding carboxylic acids is 2. The zero-order chi connectivity index (χ0) is 24.0. The third-order valence-corrected chi connectivity index (χ3v) is 4.04. The summed E-state index contributed by atoms with van der Waals surface area (Å²) in [7, 11) is 0. The van der Waals surface area contributed by atoms with Crippen LogP contribution < -0.4 is 29.6 Å². The van der Waals surface area contributed by atoms with Crippen LogP contribution in [-0.4, -0.2) is 104 Å². The first-order valence-electron chi connectivity index (χ1n) is 11.3. The maximum atomic E-state index is 11.4. The van der Waals surface area contributed by atoms with Crippen molar-refractivity contribution in [2.24, 2.45) is 0 Å². The number of carbonyl (C=O) groups is 2. The van der Waals surface area contributed by atoms with Crippen LogP contribution in [0.15, 0.2) is 18.2 Å². The van der Waals surface area contributed by atoms with Crippen LogP contribution in [0.3, 0.4) is 0 Å². The van der Waals surface area contributed by atoms with E-state index in [4.69, 9.17) is 37.9 Å². The Balaban J connectivity index is 0.000000632. The van der Waals surface area contributed by atoms with Crippen molar-refractivity contribution in [1.29, 1.82) is 0 Å². The van der Waals surface area contributed by atoms with Crippen molar-refractivity contribution >= 4 is 11.9 Å². The van der Waals surface area contributed by atoms with Crippen LogP contribution in [0.5, 0.6) is 0 Å². The average molecular weight is 497 g/mol. The normalized spacial score (nSPS) is 17.0. The van der Waals surface area contributed by atoms with Gasteiger partial charge in [-0.3, -0.25) is 4.79 Å². The standard InChI is InChI=1S/C12H24O6.C11H13O4.Na/c1-2-14-5-6-16-9-10-18-12-11-17-8-7-15-4-3-13-1;1-3-14-10(12)8-6-5-7-9(8)11(13)15-4-2;/h1-12H2;5-7H,3-4H2,1-2H3;/q;-1;+1. The Morgan fingerprint density at radius 2 is 1.06 bits per heavy atom. The van der Waals surface area contributed by atoms with Crippen molar-refractivity contribution < 1.29 is 77.0 Å². The monoisotopic (exact) mass is 496 g/mol. The van der Waals surface area contributed by atoms with E-state index in [1.165, 1.54) is 0 Å². The number of ether oxygens (including phenoxy) is 8. The van der Waals surface area contributed by atoms with Gasteiger partial charge in [-0.1, -0.05) is 5.56 Å². The van der Waals surface area contributed by atoms with Gasteiger partial charge in [0.1, 0.15) is 0 Å². The van der Waals surface area contributed by atoms with Gasteiger partial charge in [0.15, 0.2) is 0 Å². The Morgan fingerprint density at radius 1 is 0.706 bits per heavy atom. The van der Waals surface area contributed by atoms with Gasteiger partial charge in [0.2, 0.25) is 5.97 Å². The second-order valence-corrected chi connectivity index (χ2v) is 6.47. The van der Waals surface area contributed by atoms with Gasteiger partial charge in [-0.25, -0.2) is 0 Å². The molecule has 0 unspecified atom stereocenters. The van der Waals surface area contributed by atoms with Crippen LogP contribution in [0.2, 0.25) is 0 Å². The van der Waals surface area contributed by atoms with Crippen molar-refractivity contribution in [2.75, 3.05) is 92.5 Å². The fourth-order valence-electron chi connectivity index (χ4n) is 2.51. The molecule has 1 aliphatic rings. The van der Waals surface area contributed by atoms with E-state index >= 15 is 0 Å². The van der Waals surface area contributed by atoms with E-state index in [1.54, 1.807) is 32.0 Å². The zero-order valence-electron chi connectivity index (χ0n) is 20.7. The summed E-state index contributed by atoms with van der Waals surface area (Å²) < 4.78 is 41.6. The van der Waals surface area contributed by atoms with Crippen LogP contribution in [0, 0.1) is 0 Å². The quantitative estimate of drug-likeness (QED) is 0.288. The van der Waals surface area contributed by atoms with Gasteiger partial charge in [-0.2, -0.15) is 12.1 Å². The molecule has 0 aromatic heterocycles. The Morgan fingerprint density at radius 3 is 1.38 bits per heavy atom. The van der Waals surface area contributed by atoms with Crippen LogP contribution in [0.1, 0.15) is 34.6 Å².